The van der Waals surface area contributed by atoms with E-state index in [4.69, 9.17) is 9.47 Å². The first-order chi connectivity index (χ1) is 8.25. The van der Waals surface area contributed by atoms with Crippen LogP contribution < -0.4 is 4.74 Å². The highest BCUT2D eigenvalue weighted by Crippen LogP contribution is 2.29. The first-order valence-electron chi connectivity index (χ1n) is 5.69. The lowest BCUT2D eigenvalue weighted by atomic mass is 9.89. The summed E-state index contributed by atoms with van der Waals surface area (Å²) in [6.07, 6.45) is 1.06. The molecule has 0 radical (unpaired) electrons. The molecule has 17 heavy (non-hydrogen) atoms. The highest BCUT2D eigenvalue weighted by molar-refractivity contribution is 6.44. The van der Waals surface area contributed by atoms with Crippen molar-refractivity contribution in [3.63, 3.8) is 0 Å². The van der Waals surface area contributed by atoms with E-state index >= 15 is 0 Å². The van der Waals surface area contributed by atoms with Crippen molar-refractivity contribution in [1.29, 1.82) is 0 Å². The van der Waals surface area contributed by atoms with Gasteiger partial charge in [-0.3, -0.25) is 9.59 Å². The summed E-state index contributed by atoms with van der Waals surface area (Å²) in [7, 11) is 0. The Kier molecular flexibility index (Phi) is 2.44. The predicted octanol–water partition coefficient (Wildman–Crippen LogP) is 1.16. The highest BCUT2D eigenvalue weighted by Gasteiger charge is 2.28. The molecule has 2 aliphatic rings. The van der Waals surface area contributed by atoms with Crippen molar-refractivity contribution in [2.24, 2.45) is 0 Å². The highest BCUT2D eigenvalue weighted by atomic mass is 16.6. The largest absolute Gasteiger partial charge is 0.490 e. The van der Waals surface area contributed by atoms with E-state index in [9.17, 15) is 9.59 Å². The number of rotatable bonds is 3. The summed E-state index contributed by atoms with van der Waals surface area (Å²) < 4.78 is 10.7. The van der Waals surface area contributed by atoms with Crippen molar-refractivity contribution in [2.75, 3.05) is 13.2 Å². The Morgan fingerprint density at radius 2 is 2.12 bits per heavy atom. The van der Waals surface area contributed by atoms with E-state index in [0.29, 0.717) is 24.3 Å². The molecule has 1 aromatic rings. The van der Waals surface area contributed by atoms with E-state index in [0.717, 1.165) is 12.2 Å². The van der Waals surface area contributed by atoms with Crippen LogP contribution in [0.5, 0.6) is 5.75 Å². The summed E-state index contributed by atoms with van der Waals surface area (Å²) in [6, 6.07) is 5.28. The standard InChI is InChI=1S/C13H12O4/c14-11-5-4-9-10(13(11)15)2-1-3-12(9)17-7-8-6-16-8/h1-3,8H,4-7H2. The van der Waals surface area contributed by atoms with E-state index < -0.39 is 0 Å². The first kappa shape index (κ1) is 10.5. The van der Waals surface area contributed by atoms with E-state index in [1.807, 2.05) is 6.07 Å². The minimum Gasteiger partial charge on any atom is -0.490 e. The van der Waals surface area contributed by atoms with Crippen molar-refractivity contribution in [1.82, 2.24) is 0 Å². The maximum Gasteiger partial charge on any atom is 0.228 e. The predicted molar refractivity (Wildman–Crippen MR) is 59.3 cm³/mol. The molecule has 1 fully saturated rings. The zero-order chi connectivity index (χ0) is 11.8. The molecular formula is C13H12O4. The summed E-state index contributed by atoms with van der Waals surface area (Å²) in [6.45, 7) is 1.25. The van der Waals surface area contributed by atoms with Gasteiger partial charge in [-0.2, -0.15) is 0 Å². The minimum atomic E-state index is -0.389. The lowest BCUT2D eigenvalue weighted by molar-refractivity contribution is -0.115. The van der Waals surface area contributed by atoms with Gasteiger partial charge in [-0.1, -0.05) is 12.1 Å². The fourth-order valence-corrected chi connectivity index (χ4v) is 2.02. The van der Waals surface area contributed by atoms with Crippen LogP contribution in [-0.4, -0.2) is 30.9 Å². The third-order valence-corrected chi connectivity index (χ3v) is 3.06. The molecule has 1 atom stereocenters. The van der Waals surface area contributed by atoms with Gasteiger partial charge in [0.2, 0.25) is 11.6 Å². The van der Waals surface area contributed by atoms with E-state index in [-0.39, 0.29) is 24.1 Å². The quantitative estimate of drug-likeness (QED) is 0.579. The number of ketones is 2. The summed E-state index contributed by atoms with van der Waals surface area (Å²) >= 11 is 0. The second-order valence-corrected chi connectivity index (χ2v) is 4.30. The normalized spacial score (nSPS) is 22.2. The van der Waals surface area contributed by atoms with Crippen LogP contribution in [0.1, 0.15) is 22.3 Å². The van der Waals surface area contributed by atoms with Crippen LogP contribution in [0.2, 0.25) is 0 Å². The van der Waals surface area contributed by atoms with Crippen molar-refractivity contribution in [2.45, 2.75) is 18.9 Å². The number of Topliss-reactive ketones (excluding diaryl/α,β-unsaturated/α-hetero) is 2. The Balaban J connectivity index is 1.89. The number of fused-ring (bicyclic) bond motifs is 1. The maximum absolute atomic E-state index is 11.7. The van der Waals surface area contributed by atoms with Crippen LogP contribution in [0, 0.1) is 0 Å². The molecule has 0 spiro atoms. The molecule has 1 heterocycles. The van der Waals surface area contributed by atoms with Gasteiger partial charge >= 0.3 is 0 Å². The van der Waals surface area contributed by atoms with Gasteiger partial charge in [0.25, 0.3) is 0 Å². The number of carbonyl (C=O) groups excluding carboxylic acids is 2. The Labute approximate surface area is 98.5 Å². The summed E-state index contributed by atoms with van der Waals surface area (Å²) in [4.78, 5) is 23.0. The lowest BCUT2D eigenvalue weighted by Gasteiger charge is -2.17. The SMILES string of the molecule is O=C1CCc2c(OCC3CO3)cccc2C1=O. The van der Waals surface area contributed by atoms with E-state index in [1.165, 1.54) is 0 Å². The van der Waals surface area contributed by atoms with Gasteiger partial charge < -0.3 is 9.47 Å². The molecule has 1 saturated heterocycles. The number of hydrogen-bond donors (Lipinski definition) is 0. The second-order valence-electron chi connectivity index (χ2n) is 4.30. The number of ether oxygens (including phenoxy) is 2. The Morgan fingerprint density at radius 3 is 2.88 bits per heavy atom. The first-order valence-corrected chi connectivity index (χ1v) is 5.69. The molecule has 0 saturated carbocycles. The Morgan fingerprint density at radius 1 is 1.29 bits per heavy atom. The molecular weight excluding hydrogens is 220 g/mol. The van der Waals surface area contributed by atoms with Gasteiger partial charge in [0, 0.05) is 17.5 Å². The van der Waals surface area contributed by atoms with Gasteiger partial charge in [0.1, 0.15) is 18.5 Å². The average molecular weight is 232 g/mol. The molecule has 1 aliphatic carbocycles. The number of epoxide rings is 1. The maximum atomic E-state index is 11.7. The van der Waals surface area contributed by atoms with Crippen molar-refractivity contribution >= 4 is 11.6 Å². The Bertz CT molecular complexity index is 488. The molecule has 1 aromatic carbocycles. The van der Waals surface area contributed by atoms with Crippen LogP contribution >= 0.6 is 0 Å². The summed E-state index contributed by atoms with van der Waals surface area (Å²) in [5.74, 6) is 0.0124. The third-order valence-electron chi connectivity index (χ3n) is 3.06. The van der Waals surface area contributed by atoms with Gasteiger partial charge in [-0.15, -0.1) is 0 Å². The molecule has 0 aromatic heterocycles. The minimum absolute atomic E-state index is 0.187. The van der Waals surface area contributed by atoms with Crippen molar-refractivity contribution < 1.29 is 19.1 Å². The summed E-state index contributed by atoms with van der Waals surface area (Å²) in [5, 5.41) is 0. The van der Waals surface area contributed by atoms with Crippen molar-refractivity contribution in [3.05, 3.63) is 29.3 Å². The van der Waals surface area contributed by atoms with Gasteiger partial charge in [0.15, 0.2) is 0 Å². The number of carbonyl (C=O) groups is 2. The zero-order valence-corrected chi connectivity index (χ0v) is 9.27. The van der Waals surface area contributed by atoms with Crippen LogP contribution in [0.3, 0.4) is 0 Å². The van der Waals surface area contributed by atoms with Gasteiger partial charge in [-0.25, -0.2) is 0 Å². The molecule has 0 amide bonds. The van der Waals surface area contributed by atoms with Crippen LogP contribution in [0.4, 0.5) is 0 Å². The van der Waals surface area contributed by atoms with Gasteiger partial charge in [0.05, 0.1) is 6.61 Å². The van der Waals surface area contributed by atoms with Gasteiger partial charge in [-0.05, 0) is 12.5 Å². The second kappa shape index (κ2) is 3.96. The van der Waals surface area contributed by atoms with E-state index in [1.54, 1.807) is 12.1 Å². The third kappa shape index (κ3) is 1.96. The summed E-state index contributed by atoms with van der Waals surface area (Å²) in [5.41, 5.74) is 1.35. The molecule has 4 nitrogen and oxygen atoms in total. The molecule has 4 heteroatoms. The molecule has 1 unspecified atom stereocenters. The zero-order valence-electron chi connectivity index (χ0n) is 9.27. The number of benzene rings is 1. The van der Waals surface area contributed by atoms with Crippen LogP contribution in [0.15, 0.2) is 18.2 Å². The average Bonchev–Trinajstić information content (AvgIpc) is 3.15. The van der Waals surface area contributed by atoms with Crippen LogP contribution in [-0.2, 0) is 16.0 Å². The fraction of sp³-hybridized carbons (Fsp3) is 0.385. The fourth-order valence-electron chi connectivity index (χ4n) is 2.02. The number of hydrogen-bond acceptors (Lipinski definition) is 4. The lowest BCUT2D eigenvalue weighted by Crippen LogP contribution is -2.23. The van der Waals surface area contributed by atoms with Crippen molar-refractivity contribution in [3.8, 4) is 5.75 Å². The smallest absolute Gasteiger partial charge is 0.228 e. The Hall–Kier alpha value is -1.68. The monoisotopic (exact) mass is 232 g/mol. The molecule has 88 valence electrons. The molecule has 1 aliphatic heterocycles. The molecule has 0 N–H and O–H groups in total. The van der Waals surface area contributed by atoms with E-state index in [2.05, 4.69) is 0 Å². The molecule has 3 rings (SSSR count). The molecule has 0 bridgehead atoms. The topological polar surface area (TPSA) is 55.9 Å². The van der Waals surface area contributed by atoms with Crippen LogP contribution in [0.25, 0.3) is 0 Å².